The van der Waals surface area contributed by atoms with Gasteiger partial charge < -0.3 is 9.64 Å². The lowest BCUT2D eigenvalue weighted by Crippen LogP contribution is -2.43. The number of hydrogen-bond donors (Lipinski definition) is 2. The Balaban J connectivity index is 2.71. The summed E-state index contributed by atoms with van der Waals surface area (Å²) < 4.78 is 6.12. The highest BCUT2D eigenvalue weighted by atomic mass is 79.9. The van der Waals surface area contributed by atoms with Crippen LogP contribution in [0.5, 0.6) is 0 Å². The number of guanidine groups is 1. The third-order valence-corrected chi connectivity index (χ3v) is 3.04. The molecule has 0 bridgehead atoms. The minimum atomic E-state index is 0.0565. The van der Waals surface area contributed by atoms with Crippen LogP contribution in [0.3, 0.4) is 0 Å². The Hall–Kier alpha value is -1.11. The Morgan fingerprint density at radius 3 is 2.89 bits per heavy atom. The highest BCUT2D eigenvalue weighted by molar-refractivity contribution is 9.10. The molecule has 0 aliphatic carbocycles. The monoisotopic (exact) mass is 328 g/mol. The minimum absolute atomic E-state index is 0.0565. The van der Waals surface area contributed by atoms with Gasteiger partial charge in [0.15, 0.2) is 0 Å². The molecule has 106 valence electrons. The van der Waals surface area contributed by atoms with E-state index in [1.165, 1.54) is 5.56 Å². The van der Waals surface area contributed by atoms with Gasteiger partial charge in [0.2, 0.25) is 5.96 Å². The minimum Gasteiger partial charge on any atom is -0.382 e. The van der Waals surface area contributed by atoms with Crippen LogP contribution in [0, 0.1) is 0 Å². The summed E-state index contributed by atoms with van der Waals surface area (Å²) in [4.78, 5) is 6.44. The molecular weight excluding hydrogens is 308 g/mol. The summed E-state index contributed by atoms with van der Waals surface area (Å²) in [6.07, 6.45) is 0. The molecule has 0 saturated carbocycles. The molecule has 19 heavy (non-hydrogen) atoms. The van der Waals surface area contributed by atoms with Gasteiger partial charge in [-0.15, -0.1) is 0 Å². The highest BCUT2D eigenvalue weighted by Crippen LogP contribution is 2.13. The lowest BCUT2D eigenvalue weighted by atomic mass is 10.2. The third kappa shape index (κ3) is 5.59. The summed E-state index contributed by atoms with van der Waals surface area (Å²) in [5, 5.41) is 0. The van der Waals surface area contributed by atoms with Gasteiger partial charge in [0.05, 0.1) is 12.6 Å². The molecule has 0 aromatic heterocycles. The average molecular weight is 329 g/mol. The van der Waals surface area contributed by atoms with Crippen molar-refractivity contribution >= 4 is 21.9 Å². The van der Waals surface area contributed by atoms with Crippen molar-refractivity contribution < 1.29 is 4.74 Å². The van der Waals surface area contributed by atoms with Gasteiger partial charge in [-0.3, -0.25) is 5.43 Å². The van der Waals surface area contributed by atoms with Crippen LogP contribution < -0.4 is 11.3 Å². The molecule has 1 aromatic rings. The molecule has 1 unspecified atom stereocenters. The zero-order valence-electron chi connectivity index (χ0n) is 11.6. The number of nitrogens with two attached hydrogens (primary N) is 1. The summed E-state index contributed by atoms with van der Waals surface area (Å²) in [6, 6.07) is 8.20. The fraction of sp³-hybridized carbons (Fsp3) is 0.462. The molecule has 0 saturated heterocycles. The maximum atomic E-state index is 5.53. The van der Waals surface area contributed by atoms with Gasteiger partial charge >= 0.3 is 0 Å². The Bertz CT molecular complexity index is 425. The van der Waals surface area contributed by atoms with E-state index in [2.05, 4.69) is 38.5 Å². The van der Waals surface area contributed by atoms with Crippen LogP contribution >= 0.6 is 15.9 Å². The third-order valence-electron chi connectivity index (χ3n) is 2.55. The van der Waals surface area contributed by atoms with E-state index in [0.29, 0.717) is 12.6 Å². The zero-order valence-corrected chi connectivity index (χ0v) is 13.1. The first-order chi connectivity index (χ1) is 9.06. The highest BCUT2D eigenvalue weighted by Gasteiger charge is 2.08. The number of ether oxygens (including phenoxy) is 1. The van der Waals surface area contributed by atoms with Crippen LogP contribution in [0.1, 0.15) is 12.5 Å². The number of nitrogens with zero attached hydrogens (tertiary/aromatic N) is 2. The van der Waals surface area contributed by atoms with E-state index in [1.807, 2.05) is 31.0 Å². The lowest BCUT2D eigenvalue weighted by Gasteiger charge is -2.22. The van der Waals surface area contributed by atoms with Gasteiger partial charge in [-0.25, -0.2) is 10.8 Å². The van der Waals surface area contributed by atoms with Crippen molar-refractivity contribution in [1.82, 2.24) is 10.3 Å². The normalized spacial score (nSPS) is 13.2. The van der Waals surface area contributed by atoms with E-state index in [4.69, 9.17) is 10.6 Å². The van der Waals surface area contributed by atoms with Gasteiger partial charge in [0.25, 0.3) is 0 Å². The largest absolute Gasteiger partial charge is 0.382 e. The van der Waals surface area contributed by atoms with Crippen LogP contribution in [-0.2, 0) is 11.3 Å². The van der Waals surface area contributed by atoms with E-state index in [9.17, 15) is 0 Å². The number of hydrogen-bond acceptors (Lipinski definition) is 3. The molecule has 0 spiro atoms. The predicted molar refractivity (Wildman–Crippen MR) is 81.7 cm³/mol. The van der Waals surface area contributed by atoms with Gasteiger partial charge in [-0.05, 0) is 24.6 Å². The van der Waals surface area contributed by atoms with Crippen molar-refractivity contribution in [2.75, 3.05) is 20.8 Å². The van der Waals surface area contributed by atoms with Gasteiger partial charge in [-0.1, -0.05) is 28.1 Å². The van der Waals surface area contributed by atoms with E-state index >= 15 is 0 Å². The van der Waals surface area contributed by atoms with E-state index < -0.39 is 0 Å². The van der Waals surface area contributed by atoms with Crippen LogP contribution in [0.4, 0.5) is 0 Å². The van der Waals surface area contributed by atoms with Crippen molar-refractivity contribution in [2.24, 2.45) is 10.8 Å². The summed E-state index contributed by atoms with van der Waals surface area (Å²) in [6.45, 7) is 3.27. The number of nitrogens with one attached hydrogen (secondary N) is 1. The van der Waals surface area contributed by atoms with Crippen LogP contribution in [0.15, 0.2) is 33.7 Å². The number of hydrazine groups is 1. The molecule has 0 heterocycles. The van der Waals surface area contributed by atoms with Gasteiger partial charge in [0.1, 0.15) is 0 Å². The van der Waals surface area contributed by atoms with Gasteiger partial charge in [0, 0.05) is 25.2 Å². The average Bonchev–Trinajstić information content (AvgIpc) is 2.36. The topological polar surface area (TPSA) is 62.9 Å². The lowest BCUT2D eigenvalue weighted by molar-refractivity contribution is 0.185. The molecule has 1 aromatic carbocycles. The first kappa shape index (κ1) is 15.9. The fourth-order valence-electron chi connectivity index (χ4n) is 1.72. The summed E-state index contributed by atoms with van der Waals surface area (Å²) >= 11 is 3.46. The summed E-state index contributed by atoms with van der Waals surface area (Å²) in [7, 11) is 3.60. The fourth-order valence-corrected chi connectivity index (χ4v) is 2.16. The quantitative estimate of drug-likeness (QED) is 0.374. The zero-order chi connectivity index (χ0) is 14.3. The van der Waals surface area contributed by atoms with Crippen LogP contribution in [0.2, 0.25) is 0 Å². The number of methoxy groups -OCH3 is 1. The molecule has 0 amide bonds. The van der Waals surface area contributed by atoms with E-state index in [1.54, 1.807) is 7.11 Å². The molecule has 5 nitrogen and oxygen atoms in total. The van der Waals surface area contributed by atoms with Crippen molar-refractivity contribution in [3.8, 4) is 0 Å². The first-order valence-corrected chi connectivity index (χ1v) is 6.85. The Morgan fingerprint density at radius 2 is 2.32 bits per heavy atom. The van der Waals surface area contributed by atoms with E-state index in [-0.39, 0.29) is 6.04 Å². The molecule has 0 fully saturated rings. The molecule has 0 radical (unpaired) electrons. The second kappa shape index (κ2) is 8.14. The SMILES string of the molecule is COCC(C)N=C(NN)N(C)Cc1cccc(Br)c1. The number of benzene rings is 1. The van der Waals surface area contributed by atoms with Crippen molar-refractivity contribution in [1.29, 1.82) is 0 Å². The van der Waals surface area contributed by atoms with E-state index in [0.717, 1.165) is 11.0 Å². The predicted octanol–water partition coefficient (Wildman–Crippen LogP) is 1.74. The molecule has 0 aliphatic heterocycles. The maximum Gasteiger partial charge on any atom is 0.208 e. The molecule has 6 heteroatoms. The summed E-state index contributed by atoms with van der Waals surface area (Å²) in [5.41, 5.74) is 3.81. The Morgan fingerprint density at radius 1 is 1.58 bits per heavy atom. The van der Waals surface area contributed by atoms with Crippen LogP contribution in [0.25, 0.3) is 0 Å². The summed E-state index contributed by atoms with van der Waals surface area (Å²) in [5.74, 6) is 6.17. The second-order valence-electron chi connectivity index (χ2n) is 4.39. The molecule has 1 rings (SSSR count). The first-order valence-electron chi connectivity index (χ1n) is 6.05. The molecule has 1 atom stereocenters. The molecule has 0 aliphatic rings. The number of aliphatic imine (C=N–C) groups is 1. The van der Waals surface area contributed by atoms with Crippen molar-refractivity contribution in [3.05, 3.63) is 34.3 Å². The Labute approximate surface area is 122 Å². The van der Waals surface area contributed by atoms with Crippen LogP contribution in [-0.4, -0.2) is 37.7 Å². The molecular formula is C13H21BrN4O. The number of halogens is 1. The Kier molecular flexibility index (Phi) is 6.83. The second-order valence-corrected chi connectivity index (χ2v) is 5.30. The standard InChI is InChI=1S/C13H21BrN4O/c1-10(9-19-3)16-13(17-15)18(2)8-11-5-4-6-12(14)7-11/h4-7,10H,8-9,15H2,1-3H3,(H,16,17). The molecule has 3 N–H and O–H groups in total. The number of rotatable bonds is 5. The van der Waals surface area contributed by atoms with Crippen molar-refractivity contribution in [3.63, 3.8) is 0 Å². The van der Waals surface area contributed by atoms with Gasteiger partial charge in [-0.2, -0.15) is 0 Å². The smallest absolute Gasteiger partial charge is 0.208 e. The van der Waals surface area contributed by atoms with Crippen molar-refractivity contribution in [2.45, 2.75) is 19.5 Å². The maximum absolute atomic E-state index is 5.53.